The Morgan fingerprint density at radius 2 is 1.80 bits per heavy atom. The normalized spacial score (nSPS) is 13.6. The fourth-order valence-corrected chi connectivity index (χ4v) is 4.08. The summed E-state index contributed by atoms with van der Waals surface area (Å²) in [6.45, 7) is 11.4. The lowest BCUT2D eigenvalue weighted by Gasteiger charge is -2.35. The van der Waals surface area contributed by atoms with E-state index in [0.717, 1.165) is 38.5 Å². The monoisotopic (exact) mass is 413 g/mol. The predicted octanol–water partition coefficient (Wildman–Crippen LogP) is 5.48. The second kappa shape index (κ2) is 11.3. The van der Waals surface area contributed by atoms with Crippen molar-refractivity contribution in [3.63, 3.8) is 0 Å². The average molecular weight is 414 g/mol. The van der Waals surface area contributed by atoms with Crippen LogP contribution in [0.4, 0.5) is 0 Å². The molecule has 2 rings (SSSR count). The molecule has 0 bridgehead atoms. The summed E-state index contributed by atoms with van der Waals surface area (Å²) < 4.78 is 1.64. The Labute approximate surface area is 181 Å². The van der Waals surface area contributed by atoms with Crippen LogP contribution in [0.1, 0.15) is 85.0 Å². The van der Waals surface area contributed by atoms with Gasteiger partial charge in [0, 0.05) is 19.5 Å². The number of nitrogens with zero attached hydrogens (tertiary/aromatic N) is 3. The number of carbonyl (C=O) groups excluding carboxylic acids is 1. The van der Waals surface area contributed by atoms with E-state index in [0.29, 0.717) is 29.2 Å². The molecule has 30 heavy (non-hydrogen) atoms. The Morgan fingerprint density at radius 3 is 2.40 bits per heavy atom. The molecule has 1 aromatic carbocycles. The molecular formula is C25H39N3O2. The van der Waals surface area contributed by atoms with Gasteiger partial charge in [0.05, 0.1) is 16.9 Å². The Bertz CT molecular complexity index is 888. The number of rotatable bonds is 11. The minimum absolute atomic E-state index is 0.0312. The summed E-state index contributed by atoms with van der Waals surface area (Å²) in [4.78, 5) is 33.5. The molecule has 0 saturated heterocycles. The van der Waals surface area contributed by atoms with E-state index >= 15 is 0 Å². The first-order chi connectivity index (χ1) is 14.3. The number of fused-ring (bicyclic) bond motifs is 1. The minimum Gasteiger partial charge on any atom is -0.332 e. The van der Waals surface area contributed by atoms with Gasteiger partial charge in [0.15, 0.2) is 0 Å². The van der Waals surface area contributed by atoms with Crippen molar-refractivity contribution in [3.05, 3.63) is 40.4 Å². The van der Waals surface area contributed by atoms with Crippen LogP contribution in [0, 0.1) is 11.8 Å². The first-order valence-corrected chi connectivity index (χ1v) is 11.6. The number of amides is 1. The third-order valence-electron chi connectivity index (χ3n) is 6.06. The number of unbranched alkanes of at least 4 members (excludes halogenated alkanes) is 1. The van der Waals surface area contributed by atoms with Gasteiger partial charge in [0.25, 0.3) is 5.56 Å². The molecule has 0 aliphatic heterocycles. The molecule has 1 aromatic heterocycles. The van der Waals surface area contributed by atoms with Crippen LogP contribution in [0.15, 0.2) is 29.1 Å². The van der Waals surface area contributed by atoms with Crippen LogP contribution in [-0.4, -0.2) is 26.9 Å². The van der Waals surface area contributed by atoms with E-state index in [-0.39, 0.29) is 23.4 Å². The standard InChI is InChI=1S/C25H39N3O2/c1-7-10-13-19(8-2)24(29)28(17-16-18(4)5)22(9-3)23-26-21-15-12-11-14-20(21)25(30)27(23)6/h11-12,14-15,18-19,22H,7-10,13,16-17H2,1-6H3/t19-,22+/m1/s1. The van der Waals surface area contributed by atoms with Gasteiger partial charge >= 0.3 is 0 Å². The van der Waals surface area contributed by atoms with E-state index in [2.05, 4.69) is 34.6 Å². The van der Waals surface area contributed by atoms with Crippen molar-refractivity contribution in [1.29, 1.82) is 0 Å². The number of hydrogen-bond donors (Lipinski definition) is 0. The van der Waals surface area contributed by atoms with Gasteiger partial charge < -0.3 is 4.90 Å². The summed E-state index contributed by atoms with van der Waals surface area (Å²) >= 11 is 0. The molecule has 1 amide bonds. The van der Waals surface area contributed by atoms with Crippen molar-refractivity contribution in [2.75, 3.05) is 6.54 Å². The van der Waals surface area contributed by atoms with Gasteiger partial charge in [-0.2, -0.15) is 0 Å². The average Bonchev–Trinajstić information content (AvgIpc) is 2.74. The van der Waals surface area contributed by atoms with Gasteiger partial charge in [0.1, 0.15) is 5.82 Å². The lowest BCUT2D eigenvalue weighted by Crippen LogP contribution is -2.42. The van der Waals surface area contributed by atoms with Crippen LogP contribution in [0.25, 0.3) is 10.9 Å². The van der Waals surface area contributed by atoms with Crippen molar-refractivity contribution < 1.29 is 4.79 Å². The van der Waals surface area contributed by atoms with Crippen molar-refractivity contribution in [3.8, 4) is 0 Å². The highest BCUT2D eigenvalue weighted by atomic mass is 16.2. The van der Waals surface area contributed by atoms with Crippen molar-refractivity contribution in [1.82, 2.24) is 14.5 Å². The molecule has 0 unspecified atom stereocenters. The number of benzene rings is 1. The summed E-state index contributed by atoms with van der Waals surface area (Å²) in [5.41, 5.74) is 0.645. The first-order valence-electron chi connectivity index (χ1n) is 11.6. The molecule has 0 radical (unpaired) electrons. The van der Waals surface area contributed by atoms with Gasteiger partial charge in [-0.1, -0.05) is 59.6 Å². The Morgan fingerprint density at radius 1 is 1.10 bits per heavy atom. The van der Waals surface area contributed by atoms with Gasteiger partial charge in [-0.15, -0.1) is 0 Å². The number of para-hydroxylation sites is 1. The lowest BCUT2D eigenvalue weighted by molar-refractivity contribution is -0.139. The summed E-state index contributed by atoms with van der Waals surface area (Å²) in [6.07, 6.45) is 5.59. The van der Waals surface area contributed by atoms with Crippen LogP contribution in [0.2, 0.25) is 0 Å². The SMILES string of the molecule is CCCC[C@@H](CC)C(=O)N(CCC(C)C)[C@@H](CC)c1nc2ccccc2c(=O)n1C. The highest BCUT2D eigenvalue weighted by Gasteiger charge is 2.31. The van der Waals surface area contributed by atoms with Crippen LogP contribution >= 0.6 is 0 Å². The van der Waals surface area contributed by atoms with E-state index < -0.39 is 0 Å². The Kier molecular flexibility index (Phi) is 9.07. The molecule has 1 heterocycles. The maximum Gasteiger partial charge on any atom is 0.261 e. The highest BCUT2D eigenvalue weighted by Crippen LogP contribution is 2.28. The van der Waals surface area contributed by atoms with Crippen molar-refractivity contribution >= 4 is 16.8 Å². The molecular weight excluding hydrogens is 374 g/mol. The number of hydrogen-bond acceptors (Lipinski definition) is 3. The van der Waals surface area contributed by atoms with Crippen LogP contribution in [0.5, 0.6) is 0 Å². The van der Waals surface area contributed by atoms with Crippen LogP contribution in [0.3, 0.4) is 0 Å². The summed E-state index contributed by atoms with van der Waals surface area (Å²) in [6, 6.07) is 7.26. The molecule has 5 nitrogen and oxygen atoms in total. The molecule has 5 heteroatoms. The van der Waals surface area contributed by atoms with Gasteiger partial charge in [-0.05, 0) is 43.7 Å². The Balaban J connectivity index is 2.51. The summed E-state index contributed by atoms with van der Waals surface area (Å²) in [5, 5.41) is 0.619. The molecule has 2 aromatic rings. The smallest absolute Gasteiger partial charge is 0.261 e. The van der Waals surface area contributed by atoms with Gasteiger partial charge in [0.2, 0.25) is 5.91 Å². The van der Waals surface area contributed by atoms with Gasteiger partial charge in [-0.3, -0.25) is 14.2 Å². The second-order valence-corrected chi connectivity index (χ2v) is 8.74. The van der Waals surface area contributed by atoms with E-state index in [1.165, 1.54) is 0 Å². The zero-order chi connectivity index (χ0) is 22.3. The third-order valence-corrected chi connectivity index (χ3v) is 6.06. The quantitative estimate of drug-likeness (QED) is 0.490. The van der Waals surface area contributed by atoms with E-state index in [9.17, 15) is 9.59 Å². The minimum atomic E-state index is -0.200. The first kappa shape index (κ1) is 24.1. The zero-order valence-electron chi connectivity index (χ0n) is 19.6. The fourth-order valence-electron chi connectivity index (χ4n) is 4.08. The van der Waals surface area contributed by atoms with Crippen LogP contribution in [-0.2, 0) is 11.8 Å². The highest BCUT2D eigenvalue weighted by molar-refractivity contribution is 5.80. The summed E-state index contributed by atoms with van der Waals surface area (Å²) in [5.74, 6) is 1.43. The third kappa shape index (κ3) is 5.50. The molecule has 2 atom stereocenters. The predicted molar refractivity (Wildman–Crippen MR) is 124 cm³/mol. The lowest BCUT2D eigenvalue weighted by atomic mass is 9.95. The van der Waals surface area contributed by atoms with Crippen molar-refractivity contribution in [2.45, 2.75) is 79.2 Å². The molecule has 0 saturated carbocycles. The largest absolute Gasteiger partial charge is 0.332 e. The second-order valence-electron chi connectivity index (χ2n) is 8.74. The molecule has 0 aliphatic rings. The van der Waals surface area contributed by atoms with Gasteiger partial charge in [-0.25, -0.2) is 4.98 Å². The van der Waals surface area contributed by atoms with E-state index in [4.69, 9.17) is 4.98 Å². The topological polar surface area (TPSA) is 55.2 Å². The Hall–Kier alpha value is -2.17. The summed E-state index contributed by atoms with van der Waals surface area (Å²) in [7, 11) is 1.78. The zero-order valence-corrected chi connectivity index (χ0v) is 19.6. The molecule has 166 valence electrons. The molecule has 0 aliphatic carbocycles. The molecule has 0 N–H and O–H groups in total. The molecule has 0 fully saturated rings. The number of carbonyl (C=O) groups is 1. The van der Waals surface area contributed by atoms with E-state index in [1.807, 2.05) is 29.2 Å². The number of aromatic nitrogens is 2. The van der Waals surface area contributed by atoms with Crippen LogP contribution < -0.4 is 5.56 Å². The fraction of sp³-hybridized carbons (Fsp3) is 0.640. The van der Waals surface area contributed by atoms with Crippen molar-refractivity contribution in [2.24, 2.45) is 18.9 Å². The molecule has 0 spiro atoms. The van der Waals surface area contributed by atoms with E-state index in [1.54, 1.807) is 11.6 Å². The maximum atomic E-state index is 13.6. The maximum absolute atomic E-state index is 13.6.